The summed E-state index contributed by atoms with van der Waals surface area (Å²) in [7, 11) is 1.56. The van der Waals surface area contributed by atoms with Gasteiger partial charge in [-0.3, -0.25) is 9.78 Å². The van der Waals surface area contributed by atoms with Crippen molar-refractivity contribution in [2.24, 2.45) is 0 Å². The van der Waals surface area contributed by atoms with Crippen LogP contribution < -0.4 is 10.1 Å². The molecule has 0 spiro atoms. The Bertz CT molecular complexity index is 1260. The molecule has 31 heavy (non-hydrogen) atoms. The predicted octanol–water partition coefficient (Wildman–Crippen LogP) is 5.78. The lowest BCUT2D eigenvalue weighted by Gasteiger charge is -2.23. The summed E-state index contributed by atoms with van der Waals surface area (Å²) in [5.74, 6) is 0.230. The molecule has 156 valence electrons. The van der Waals surface area contributed by atoms with Crippen LogP contribution in [0.1, 0.15) is 27.5 Å². The first-order chi connectivity index (χ1) is 15.0. The highest BCUT2D eigenvalue weighted by molar-refractivity contribution is 6.35. The fraction of sp³-hybridized carbons (Fsp3) is 0.0833. The van der Waals surface area contributed by atoms with Gasteiger partial charge in [-0.05, 0) is 54.1 Å². The lowest BCUT2D eigenvalue weighted by molar-refractivity contribution is 0.0942. The number of carbonyl (C=O) groups excluding carboxylic acids is 1. The molecule has 0 saturated heterocycles. The molecule has 2 N–H and O–H groups in total. The van der Waals surface area contributed by atoms with Gasteiger partial charge in [0, 0.05) is 27.7 Å². The van der Waals surface area contributed by atoms with Crippen molar-refractivity contribution in [2.75, 3.05) is 7.11 Å². The first-order valence-electron chi connectivity index (χ1n) is 9.45. The zero-order valence-electron chi connectivity index (χ0n) is 16.5. The number of aromatic nitrogens is 1. The van der Waals surface area contributed by atoms with Crippen molar-refractivity contribution < 1.29 is 14.6 Å². The standard InChI is InChI=1S/C24H18Cl2N2O3/c1-31-15-10-8-14(9-11-15)24(30)28-21(16-5-2-3-7-19(16)25)18-13-20(26)17-6-4-12-27-22(17)23(18)29/h2-13,21,29H,1H3,(H,28,30)/t21-/m0/s1. The Kier molecular flexibility index (Phi) is 5.98. The summed E-state index contributed by atoms with van der Waals surface area (Å²) in [6.07, 6.45) is 1.57. The number of phenolic OH excluding ortho intramolecular Hbond substituents is 1. The lowest BCUT2D eigenvalue weighted by Crippen LogP contribution is -2.29. The maximum Gasteiger partial charge on any atom is 0.252 e. The lowest BCUT2D eigenvalue weighted by atomic mass is 9.95. The Morgan fingerprint density at radius 2 is 1.74 bits per heavy atom. The Morgan fingerprint density at radius 1 is 1.00 bits per heavy atom. The van der Waals surface area contributed by atoms with Gasteiger partial charge in [-0.1, -0.05) is 41.4 Å². The van der Waals surface area contributed by atoms with Crippen molar-refractivity contribution in [1.29, 1.82) is 0 Å². The number of amides is 1. The third-order valence-corrected chi connectivity index (χ3v) is 5.66. The number of phenols is 1. The number of fused-ring (bicyclic) bond motifs is 1. The maximum atomic E-state index is 13.0. The number of nitrogens with one attached hydrogen (secondary N) is 1. The third kappa shape index (κ3) is 4.15. The van der Waals surface area contributed by atoms with Gasteiger partial charge in [-0.2, -0.15) is 0 Å². The number of ether oxygens (including phenoxy) is 1. The molecule has 3 aromatic carbocycles. The van der Waals surface area contributed by atoms with Crippen LogP contribution in [0.4, 0.5) is 0 Å². The van der Waals surface area contributed by atoms with Crippen LogP contribution in [-0.4, -0.2) is 23.1 Å². The number of aromatic hydroxyl groups is 1. The highest BCUT2D eigenvalue weighted by atomic mass is 35.5. The number of methoxy groups -OCH3 is 1. The van der Waals surface area contributed by atoms with Crippen molar-refractivity contribution in [2.45, 2.75) is 6.04 Å². The van der Waals surface area contributed by atoms with Gasteiger partial charge in [0.05, 0.1) is 18.2 Å². The molecule has 1 atom stereocenters. The van der Waals surface area contributed by atoms with Gasteiger partial charge in [0.2, 0.25) is 0 Å². The topological polar surface area (TPSA) is 71.5 Å². The van der Waals surface area contributed by atoms with Crippen LogP contribution in [-0.2, 0) is 0 Å². The third-order valence-electron chi connectivity index (χ3n) is 5.00. The van der Waals surface area contributed by atoms with E-state index >= 15 is 0 Å². The molecule has 4 rings (SSSR count). The first kappa shape index (κ1) is 21.0. The molecule has 0 aliphatic carbocycles. The van der Waals surface area contributed by atoms with Gasteiger partial charge in [0.15, 0.2) is 0 Å². The number of hydrogen-bond acceptors (Lipinski definition) is 4. The summed E-state index contributed by atoms with van der Waals surface area (Å²) in [4.78, 5) is 17.3. The average Bonchev–Trinajstić information content (AvgIpc) is 2.80. The van der Waals surface area contributed by atoms with Crippen LogP contribution in [0.5, 0.6) is 11.5 Å². The van der Waals surface area contributed by atoms with E-state index in [9.17, 15) is 9.90 Å². The number of benzene rings is 3. The highest BCUT2D eigenvalue weighted by Gasteiger charge is 2.25. The van der Waals surface area contributed by atoms with Crippen LogP contribution in [0.25, 0.3) is 10.9 Å². The van der Waals surface area contributed by atoms with Crippen molar-refractivity contribution in [3.05, 3.63) is 99.7 Å². The summed E-state index contributed by atoms with van der Waals surface area (Å²) in [5.41, 5.74) is 1.79. The monoisotopic (exact) mass is 452 g/mol. The number of rotatable bonds is 5. The fourth-order valence-corrected chi connectivity index (χ4v) is 3.93. The van der Waals surface area contributed by atoms with E-state index in [-0.39, 0.29) is 11.7 Å². The minimum absolute atomic E-state index is 0.0695. The van der Waals surface area contributed by atoms with E-state index in [1.165, 1.54) is 0 Å². The molecule has 0 aliphatic rings. The zero-order chi connectivity index (χ0) is 22.0. The van der Waals surface area contributed by atoms with Crippen molar-refractivity contribution in [3.8, 4) is 11.5 Å². The second-order valence-electron chi connectivity index (χ2n) is 6.85. The molecule has 0 bridgehead atoms. The van der Waals surface area contributed by atoms with E-state index in [4.69, 9.17) is 27.9 Å². The van der Waals surface area contributed by atoms with Crippen molar-refractivity contribution in [3.63, 3.8) is 0 Å². The van der Waals surface area contributed by atoms with Crippen LogP contribution in [0, 0.1) is 0 Å². The molecule has 0 radical (unpaired) electrons. The quantitative estimate of drug-likeness (QED) is 0.402. The van der Waals surface area contributed by atoms with Gasteiger partial charge in [-0.25, -0.2) is 0 Å². The van der Waals surface area contributed by atoms with Gasteiger partial charge in [0.1, 0.15) is 17.0 Å². The number of hydrogen-bond donors (Lipinski definition) is 2. The Labute approximate surface area is 189 Å². The van der Waals surface area contributed by atoms with E-state index in [2.05, 4.69) is 10.3 Å². The number of pyridine rings is 1. The molecule has 1 aromatic heterocycles. The zero-order valence-corrected chi connectivity index (χ0v) is 18.0. The smallest absolute Gasteiger partial charge is 0.252 e. The van der Waals surface area contributed by atoms with E-state index in [1.54, 1.807) is 74.0 Å². The second kappa shape index (κ2) is 8.84. The van der Waals surface area contributed by atoms with E-state index in [0.29, 0.717) is 43.4 Å². The largest absolute Gasteiger partial charge is 0.505 e. The average molecular weight is 453 g/mol. The van der Waals surface area contributed by atoms with Crippen LogP contribution in [0.3, 0.4) is 0 Å². The summed E-state index contributed by atoms with van der Waals surface area (Å²) in [6.45, 7) is 0. The summed E-state index contributed by atoms with van der Waals surface area (Å²) < 4.78 is 5.15. The van der Waals surface area contributed by atoms with E-state index in [1.807, 2.05) is 6.07 Å². The Morgan fingerprint density at radius 3 is 2.45 bits per heavy atom. The van der Waals surface area contributed by atoms with Gasteiger partial charge >= 0.3 is 0 Å². The molecule has 0 fully saturated rings. The van der Waals surface area contributed by atoms with Gasteiger partial charge < -0.3 is 15.2 Å². The minimum atomic E-state index is -0.757. The molecule has 1 heterocycles. The van der Waals surface area contributed by atoms with Crippen LogP contribution in [0.15, 0.2) is 72.9 Å². The summed E-state index contributed by atoms with van der Waals surface area (Å²) in [5, 5.41) is 15.5. The molecule has 4 aromatic rings. The molecule has 0 saturated carbocycles. The summed E-state index contributed by atoms with van der Waals surface area (Å²) >= 11 is 12.9. The SMILES string of the molecule is COc1ccc(C(=O)N[C@@H](c2ccccc2Cl)c2cc(Cl)c3cccnc3c2O)cc1. The maximum absolute atomic E-state index is 13.0. The van der Waals surface area contributed by atoms with Crippen LogP contribution >= 0.6 is 23.2 Å². The molecular formula is C24H18Cl2N2O3. The van der Waals surface area contributed by atoms with Gasteiger partial charge in [-0.15, -0.1) is 0 Å². The van der Waals surface area contributed by atoms with E-state index < -0.39 is 6.04 Å². The van der Waals surface area contributed by atoms with E-state index in [0.717, 1.165) is 0 Å². The number of halogens is 2. The molecular weight excluding hydrogens is 435 g/mol. The Balaban J connectivity index is 1.82. The molecule has 0 aliphatic heterocycles. The van der Waals surface area contributed by atoms with Crippen molar-refractivity contribution >= 4 is 40.0 Å². The van der Waals surface area contributed by atoms with Crippen LogP contribution in [0.2, 0.25) is 10.0 Å². The molecule has 7 heteroatoms. The number of nitrogens with zero attached hydrogens (tertiary/aromatic N) is 1. The second-order valence-corrected chi connectivity index (χ2v) is 7.67. The highest BCUT2D eigenvalue weighted by Crippen LogP contribution is 2.40. The fourth-order valence-electron chi connectivity index (χ4n) is 3.42. The molecule has 5 nitrogen and oxygen atoms in total. The summed E-state index contributed by atoms with van der Waals surface area (Å²) in [6, 6.07) is 18.2. The molecule has 1 amide bonds. The first-order valence-corrected chi connectivity index (χ1v) is 10.2. The number of carbonyl (C=O) groups is 1. The molecule has 0 unspecified atom stereocenters. The normalized spacial score (nSPS) is 11.8. The minimum Gasteiger partial charge on any atom is -0.505 e. The van der Waals surface area contributed by atoms with Crippen molar-refractivity contribution in [1.82, 2.24) is 10.3 Å². The van der Waals surface area contributed by atoms with Gasteiger partial charge in [0.25, 0.3) is 5.91 Å². The predicted molar refractivity (Wildman–Crippen MR) is 122 cm³/mol. The Hall–Kier alpha value is -3.28.